The maximum atomic E-state index is 12.9. The Morgan fingerprint density at radius 2 is 1.73 bits per heavy atom. The molecule has 1 saturated carbocycles. The van der Waals surface area contributed by atoms with Gasteiger partial charge in [-0.15, -0.1) is 0 Å². The highest BCUT2D eigenvalue weighted by molar-refractivity contribution is 5.95. The lowest BCUT2D eigenvalue weighted by Crippen LogP contribution is -2.37. The van der Waals surface area contributed by atoms with Gasteiger partial charge in [0.1, 0.15) is 11.6 Å². The third kappa shape index (κ3) is 3.64. The van der Waals surface area contributed by atoms with E-state index in [1.165, 1.54) is 37.7 Å². The van der Waals surface area contributed by atoms with Crippen LogP contribution in [0.5, 0.6) is 0 Å². The van der Waals surface area contributed by atoms with Gasteiger partial charge in [-0.05, 0) is 58.1 Å². The Balaban J connectivity index is 1.48. The summed E-state index contributed by atoms with van der Waals surface area (Å²) in [5.74, 6) is 1.96. The minimum absolute atomic E-state index is 0.172. The first-order chi connectivity index (χ1) is 14.6. The molecule has 3 aliphatic rings. The van der Waals surface area contributed by atoms with Crippen LogP contribution < -0.4 is 4.90 Å². The first-order valence-electron chi connectivity index (χ1n) is 11.6. The van der Waals surface area contributed by atoms with Gasteiger partial charge in [0.25, 0.3) is 0 Å². The lowest BCUT2D eigenvalue weighted by molar-refractivity contribution is -0.119. The van der Waals surface area contributed by atoms with Crippen LogP contribution >= 0.6 is 0 Å². The van der Waals surface area contributed by atoms with E-state index < -0.39 is 0 Å². The number of anilines is 1. The second kappa shape index (κ2) is 8.10. The Morgan fingerprint density at radius 1 is 0.967 bits per heavy atom. The summed E-state index contributed by atoms with van der Waals surface area (Å²) in [6.45, 7) is 5.92. The summed E-state index contributed by atoms with van der Waals surface area (Å²) in [6.07, 6.45) is 8.93. The number of fused-ring (bicyclic) bond motifs is 1. The highest BCUT2D eigenvalue weighted by Gasteiger charge is 2.36. The summed E-state index contributed by atoms with van der Waals surface area (Å²) in [5, 5.41) is 0. The zero-order chi connectivity index (χ0) is 20.7. The van der Waals surface area contributed by atoms with E-state index in [4.69, 9.17) is 9.97 Å². The van der Waals surface area contributed by atoms with Crippen LogP contribution in [0.15, 0.2) is 24.3 Å². The van der Waals surface area contributed by atoms with E-state index in [0.717, 1.165) is 47.8 Å². The molecule has 1 amide bonds. The van der Waals surface area contributed by atoms with Crippen molar-refractivity contribution in [1.82, 2.24) is 14.9 Å². The standard InChI is InChI=1S/C25H32N4O/c1-17-9-11-19(12-10-17)16-29-23(30)14-13-21-18(2)26-24(27-25(21)29)22-8-5-15-28(22)20-6-3-4-7-20/h9-12,20,22H,3-8,13-16H2,1-2H3/t22-/m0/s1. The zero-order valence-electron chi connectivity index (χ0n) is 18.2. The molecule has 5 rings (SSSR count). The van der Waals surface area contributed by atoms with Crippen LogP contribution in [0, 0.1) is 13.8 Å². The van der Waals surface area contributed by atoms with Crippen molar-refractivity contribution in [3.05, 3.63) is 52.5 Å². The van der Waals surface area contributed by atoms with Crippen LogP contribution in [-0.2, 0) is 17.8 Å². The minimum atomic E-state index is 0.172. The van der Waals surface area contributed by atoms with Crippen molar-refractivity contribution in [2.45, 2.75) is 83.8 Å². The zero-order valence-corrected chi connectivity index (χ0v) is 18.2. The van der Waals surface area contributed by atoms with E-state index in [0.29, 0.717) is 25.0 Å². The molecule has 0 radical (unpaired) electrons. The molecule has 158 valence electrons. The molecule has 2 fully saturated rings. The molecule has 2 aliphatic heterocycles. The predicted octanol–water partition coefficient (Wildman–Crippen LogP) is 4.65. The molecule has 5 nitrogen and oxygen atoms in total. The molecule has 1 atom stereocenters. The van der Waals surface area contributed by atoms with Crippen molar-refractivity contribution < 1.29 is 4.79 Å². The van der Waals surface area contributed by atoms with E-state index in [9.17, 15) is 4.79 Å². The molecule has 5 heteroatoms. The summed E-state index contributed by atoms with van der Waals surface area (Å²) >= 11 is 0. The van der Waals surface area contributed by atoms with Gasteiger partial charge in [0.05, 0.1) is 12.6 Å². The first kappa shape index (κ1) is 19.7. The van der Waals surface area contributed by atoms with Crippen molar-refractivity contribution in [1.29, 1.82) is 0 Å². The van der Waals surface area contributed by atoms with Crippen LogP contribution in [0.25, 0.3) is 0 Å². The Kier molecular flexibility index (Phi) is 5.32. The van der Waals surface area contributed by atoms with Crippen molar-refractivity contribution in [3.8, 4) is 0 Å². The maximum Gasteiger partial charge on any atom is 0.228 e. The van der Waals surface area contributed by atoms with E-state index in [-0.39, 0.29) is 5.91 Å². The average Bonchev–Trinajstić information content (AvgIpc) is 3.43. The molecule has 30 heavy (non-hydrogen) atoms. The van der Waals surface area contributed by atoms with E-state index in [1.807, 2.05) is 4.90 Å². The third-order valence-electron chi connectivity index (χ3n) is 7.20. The molecule has 0 spiro atoms. The summed E-state index contributed by atoms with van der Waals surface area (Å²) < 4.78 is 0. The highest BCUT2D eigenvalue weighted by Crippen LogP contribution is 2.39. The number of nitrogens with zero attached hydrogens (tertiary/aromatic N) is 4. The summed E-state index contributed by atoms with van der Waals surface area (Å²) in [6, 6.07) is 9.44. The predicted molar refractivity (Wildman–Crippen MR) is 118 cm³/mol. The number of carbonyl (C=O) groups excluding carboxylic acids is 1. The Bertz CT molecular complexity index is 933. The molecule has 0 unspecified atom stereocenters. The van der Waals surface area contributed by atoms with Crippen molar-refractivity contribution in [2.75, 3.05) is 11.4 Å². The highest BCUT2D eigenvalue weighted by atomic mass is 16.2. The van der Waals surface area contributed by atoms with E-state index >= 15 is 0 Å². The normalized spacial score (nSPS) is 22.7. The fourth-order valence-corrected chi connectivity index (χ4v) is 5.53. The number of carbonyl (C=O) groups is 1. The molecule has 1 saturated heterocycles. The summed E-state index contributed by atoms with van der Waals surface area (Å²) in [7, 11) is 0. The van der Waals surface area contributed by atoms with Crippen LogP contribution in [0.2, 0.25) is 0 Å². The molecule has 1 aliphatic carbocycles. The summed E-state index contributed by atoms with van der Waals surface area (Å²) in [4.78, 5) is 27.5. The molecule has 2 aromatic rings. The van der Waals surface area contributed by atoms with E-state index in [2.05, 4.69) is 43.0 Å². The first-order valence-corrected chi connectivity index (χ1v) is 11.6. The lowest BCUT2D eigenvalue weighted by atomic mass is 10.0. The number of likely N-dealkylation sites (tertiary alicyclic amines) is 1. The van der Waals surface area contributed by atoms with E-state index in [1.54, 1.807) is 0 Å². The molecule has 0 bridgehead atoms. The van der Waals surface area contributed by atoms with Gasteiger partial charge in [-0.3, -0.25) is 14.6 Å². The monoisotopic (exact) mass is 404 g/mol. The maximum absolute atomic E-state index is 12.9. The number of hydrogen-bond donors (Lipinski definition) is 0. The topological polar surface area (TPSA) is 49.3 Å². The fourth-order valence-electron chi connectivity index (χ4n) is 5.53. The molecular formula is C25H32N4O. The van der Waals surface area contributed by atoms with Crippen LogP contribution in [-0.4, -0.2) is 33.4 Å². The van der Waals surface area contributed by atoms with Gasteiger partial charge < -0.3 is 0 Å². The third-order valence-corrected chi connectivity index (χ3v) is 7.20. The van der Waals surface area contributed by atoms with Gasteiger partial charge in [-0.25, -0.2) is 9.97 Å². The number of rotatable bonds is 4. The summed E-state index contributed by atoms with van der Waals surface area (Å²) in [5.41, 5.74) is 4.58. The fraction of sp³-hybridized carbons (Fsp3) is 0.560. The second-order valence-electron chi connectivity index (χ2n) is 9.27. The van der Waals surface area contributed by atoms with Gasteiger partial charge in [-0.2, -0.15) is 0 Å². The number of hydrogen-bond acceptors (Lipinski definition) is 4. The van der Waals surface area contributed by atoms with Crippen molar-refractivity contribution in [2.24, 2.45) is 0 Å². The van der Waals surface area contributed by atoms with Crippen LogP contribution in [0.1, 0.15) is 79.2 Å². The number of aryl methyl sites for hydroxylation is 2. The molecule has 0 N–H and O–H groups in total. The SMILES string of the molecule is Cc1ccc(CN2C(=O)CCc3c(C)nc([C@@H]4CCCN4C4CCCC4)nc32)cc1. The lowest BCUT2D eigenvalue weighted by Gasteiger charge is -2.33. The van der Waals surface area contributed by atoms with Gasteiger partial charge in [0.2, 0.25) is 5.91 Å². The van der Waals surface area contributed by atoms with Gasteiger partial charge in [0, 0.05) is 23.7 Å². The number of amides is 1. The van der Waals surface area contributed by atoms with Crippen LogP contribution in [0.3, 0.4) is 0 Å². The van der Waals surface area contributed by atoms with Crippen molar-refractivity contribution >= 4 is 11.7 Å². The van der Waals surface area contributed by atoms with Crippen LogP contribution in [0.4, 0.5) is 5.82 Å². The largest absolute Gasteiger partial charge is 0.292 e. The smallest absolute Gasteiger partial charge is 0.228 e. The second-order valence-corrected chi connectivity index (χ2v) is 9.27. The Morgan fingerprint density at radius 3 is 2.50 bits per heavy atom. The van der Waals surface area contributed by atoms with Gasteiger partial charge >= 0.3 is 0 Å². The molecule has 1 aromatic heterocycles. The van der Waals surface area contributed by atoms with Gasteiger partial charge in [0.15, 0.2) is 0 Å². The van der Waals surface area contributed by atoms with Crippen molar-refractivity contribution in [3.63, 3.8) is 0 Å². The Hall–Kier alpha value is -2.27. The molecular weight excluding hydrogens is 372 g/mol. The molecule has 1 aromatic carbocycles. The average molecular weight is 405 g/mol. The number of benzene rings is 1. The van der Waals surface area contributed by atoms with Gasteiger partial charge in [-0.1, -0.05) is 42.7 Å². The molecule has 3 heterocycles. The minimum Gasteiger partial charge on any atom is -0.292 e. The Labute approximate surface area is 179 Å². The quantitative estimate of drug-likeness (QED) is 0.744. The number of aromatic nitrogens is 2.